The molecule has 1 unspecified atom stereocenters. The van der Waals surface area contributed by atoms with Crippen LogP contribution in [0.3, 0.4) is 0 Å². The number of rotatable bonds is 6. The molecule has 1 amide bonds. The topological polar surface area (TPSA) is 160 Å². The van der Waals surface area contributed by atoms with E-state index in [1.807, 2.05) is 51.1 Å². The molecule has 10 nitrogen and oxygen atoms in total. The van der Waals surface area contributed by atoms with Crippen molar-refractivity contribution in [2.24, 2.45) is 11.1 Å². The van der Waals surface area contributed by atoms with Crippen LogP contribution in [0.2, 0.25) is 0 Å². The molecule has 0 radical (unpaired) electrons. The van der Waals surface area contributed by atoms with E-state index in [2.05, 4.69) is 30.5 Å². The van der Waals surface area contributed by atoms with Crippen LogP contribution in [0.25, 0.3) is 55.6 Å². The lowest BCUT2D eigenvalue weighted by molar-refractivity contribution is -0.123. The largest absolute Gasteiger partial charge is 0.353 e. The Morgan fingerprint density at radius 1 is 0.932 bits per heavy atom. The Bertz CT molecular complexity index is 2180. The number of anilines is 1. The summed E-state index contributed by atoms with van der Waals surface area (Å²) in [5.41, 5.74) is 11.6. The van der Waals surface area contributed by atoms with Crippen molar-refractivity contribution < 1.29 is 17.6 Å². The molecule has 44 heavy (non-hydrogen) atoms. The third-order valence-corrected chi connectivity index (χ3v) is 8.55. The van der Waals surface area contributed by atoms with Crippen LogP contribution < -0.4 is 11.1 Å². The maximum absolute atomic E-state index is 14.7. The van der Waals surface area contributed by atoms with Gasteiger partial charge in [-0.25, -0.2) is 12.8 Å². The first-order valence-electron chi connectivity index (χ1n) is 13.8. The second kappa shape index (κ2) is 10.6. The van der Waals surface area contributed by atoms with Gasteiger partial charge in [0.25, 0.3) is 0 Å². The molecule has 1 atom stereocenters. The van der Waals surface area contributed by atoms with E-state index in [4.69, 9.17) is 5.73 Å². The molecule has 6 rings (SSSR count). The van der Waals surface area contributed by atoms with Crippen LogP contribution in [-0.4, -0.2) is 45.7 Å². The Labute approximate surface area is 252 Å². The summed E-state index contributed by atoms with van der Waals surface area (Å²) >= 11 is 0. The highest BCUT2D eigenvalue weighted by Crippen LogP contribution is 2.35. The highest BCUT2D eigenvalue weighted by molar-refractivity contribution is 7.90. The normalized spacial score (nSPS) is 13.0. The van der Waals surface area contributed by atoms with Gasteiger partial charge in [-0.05, 0) is 59.7 Å². The highest BCUT2D eigenvalue weighted by Gasteiger charge is 2.22. The van der Waals surface area contributed by atoms with Crippen LogP contribution in [0.15, 0.2) is 73.2 Å². The molecular weight excluding hydrogens is 581 g/mol. The van der Waals surface area contributed by atoms with Crippen LogP contribution in [0, 0.1) is 11.2 Å². The van der Waals surface area contributed by atoms with E-state index < -0.39 is 26.4 Å². The lowest BCUT2D eigenvalue weighted by atomic mass is 9.95. The Hall–Kier alpha value is -4.94. The molecule has 0 aliphatic carbocycles. The van der Waals surface area contributed by atoms with Crippen LogP contribution in [-0.2, 0) is 14.6 Å². The predicted octanol–water partition coefficient (Wildman–Crippen LogP) is 5.96. The molecule has 2 aromatic carbocycles. The summed E-state index contributed by atoms with van der Waals surface area (Å²) in [7, 11) is -3.65. The average Bonchev–Trinajstić information content (AvgIpc) is 3.59. The number of benzene rings is 2. The number of hydrogen-bond acceptors (Lipinski definition) is 7. The molecule has 0 saturated carbocycles. The fourth-order valence-electron chi connectivity index (χ4n) is 4.96. The van der Waals surface area contributed by atoms with Crippen molar-refractivity contribution in [3.8, 4) is 33.8 Å². The Kier molecular flexibility index (Phi) is 7.05. The van der Waals surface area contributed by atoms with Gasteiger partial charge in [0.15, 0.2) is 9.84 Å². The summed E-state index contributed by atoms with van der Waals surface area (Å²) in [6.45, 7) is 5.54. The molecule has 0 fully saturated rings. The molecule has 12 heteroatoms. The number of sulfone groups is 1. The van der Waals surface area contributed by atoms with Crippen molar-refractivity contribution >= 4 is 43.2 Å². The zero-order valence-corrected chi connectivity index (χ0v) is 25.3. The van der Waals surface area contributed by atoms with Crippen molar-refractivity contribution in [2.75, 3.05) is 11.6 Å². The Balaban J connectivity index is 1.40. The second-order valence-corrected chi connectivity index (χ2v) is 14.0. The molecule has 6 aromatic rings. The number of nitrogens with two attached hydrogens (primary N) is 1. The standard InChI is InChI=1S/C32H30FN7O3S/c1-32(2,3)31(41)37-22-12-20(15-35-16-22)17-5-6-26-23(13-17)29(40-39-26)27-14-24-25(38-27)7-8-36-28(24)18-9-19(11-21(33)10-18)30(34)44(4,42)43/h5-16,30,38H,34H2,1-4H3,(H,37,41)(H,39,40). The van der Waals surface area contributed by atoms with Crippen molar-refractivity contribution in [3.05, 3.63) is 84.6 Å². The quantitative estimate of drug-likeness (QED) is 0.181. The Morgan fingerprint density at radius 2 is 1.70 bits per heavy atom. The average molecular weight is 612 g/mol. The minimum atomic E-state index is -3.65. The fraction of sp³-hybridized carbons (Fsp3) is 0.188. The maximum atomic E-state index is 14.7. The van der Waals surface area contributed by atoms with Gasteiger partial charge in [-0.15, -0.1) is 0 Å². The lowest BCUT2D eigenvalue weighted by Crippen LogP contribution is -2.27. The first kappa shape index (κ1) is 29.1. The summed E-state index contributed by atoms with van der Waals surface area (Å²) in [6.07, 6.45) is 5.95. The monoisotopic (exact) mass is 611 g/mol. The van der Waals surface area contributed by atoms with E-state index in [1.54, 1.807) is 30.7 Å². The molecule has 0 aliphatic rings. The number of H-pyrrole nitrogens is 2. The number of aromatic amines is 2. The van der Waals surface area contributed by atoms with Crippen LogP contribution in [0.5, 0.6) is 0 Å². The van der Waals surface area contributed by atoms with Crippen molar-refractivity contribution in [1.29, 1.82) is 0 Å². The molecule has 4 aromatic heterocycles. The van der Waals surface area contributed by atoms with Gasteiger partial charge >= 0.3 is 0 Å². The third-order valence-electron chi connectivity index (χ3n) is 7.36. The summed E-state index contributed by atoms with van der Waals surface area (Å²) in [5, 5.41) is 10.7. The number of amides is 1. The number of hydrogen-bond donors (Lipinski definition) is 4. The number of nitrogens with one attached hydrogen (secondary N) is 3. The summed E-state index contributed by atoms with van der Waals surface area (Å²) in [4.78, 5) is 24.7. The third kappa shape index (κ3) is 5.56. The van der Waals surface area contributed by atoms with Gasteiger partial charge < -0.3 is 16.0 Å². The smallest absolute Gasteiger partial charge is 0.229 e. The number of fused-ring (bicyclic) bond motifs is 2. The summed E-state index contributed by atoms with van der Waals surface area (Å²) < 4.78 is 38.8. The molecule has 0 saturated heterocycles. The number of aromatic nitrogens is 5. The molecule has 5 N–H and O–H groups in total. The van der Waals surface area contributed by atoms with Gasteiger partial charge in [0, 0.05) is 51.5 Å². The Morgan fingerprint density at radius 3 is 2.45 bits per heavy atom. The zero-order chi connectivity index (χ0) is 31.4. The molecule has 0 aliphatic heterocycles. The van der Waals surface area contributed by atoms with Gasteiger partial charge in [-0.3, -0.25) is 19.9 Å². The highest BCUT2D eigenvalue weighted by atomic mass is 32.2. The number of nitrogens with zero attached hydrogens (tertiary/aromatic N) is 3. The van der Waals surface area contributed by atoms with Crippen molar-refractivity contribution in [3.63, 3.8) is 0 Å². The van der Waals surface area contributed by atoms with E-state index in [0.29, 0.717) is 33.7 Å². The van der Waals surface area contributed by atoms with E-state index in [-0.39, 0.29) is 11.5 Å². The first-order valence-corrected chi connectivity index (χ1v) is 15.7. The van der Waals surface area contributed by atoms with Crippen LogP contribution >= 0.6 is 0 Å². The number of carbonyl (C=O) groups excluding carboxylic acids is 1. The summed E-state index contributed by atoms with van der Waals surface area (Å²) in [5.74, 6) is -0.724. The summed E-state index contributed by atoms with van der Waals surface area (Å²) in [6, 6.07) is 15.4. The minimum absolute atomic E-state index is 0.107. The fourth-order valence-corrected chi connectivity index (χ4v) is 5.59. The van der Waals surface area contributed by atoms with E-state index >= 15 is 0 Å². The van der Waals surface area contributed by atoms with Crippen LogP contribution in [0.1, 0.15) is 31.7 Å². The van der Waals surface area contributed by atoms with Crippen molar-refractivity contribution in [1.82, 2.24) is 25.1 Å². The zero-order valence-electron chi connectivity index (χ0n) is 24.4. The molecule has 0 spiro atoms. The van der Waals surface area contributed by atoms with E-state index in [0.717, 1.165) is 39.9 Å². The maximum Gasteiger partial charge on any atom is 0.229 e. The van der Waals surface area contributed by atoms with E-state index in [9.17, 15) is 17.6 Å². The van der Waals surface area contributed by atoms with Gasteiger partial charge in [-0.1, -0.05) is 26.8 Å². The lowest BCUT2D eigenvalue weighted by Gasteiger charge is -2.17. The molecule has 0 bridgehead atoms. The second-order valence-electron chi connectivity index (χ2n) is 11.8. The molecule has 4 heterocycles. The van der Waals surface area contributed by atoms with Gasteiger partial charge in [0.05, 0.1) is 28.8 Å². The minimum Gasteiger partial charge on any atom is -0.353 e. The van der Waals surface area contributed by atoms with E-state index in [1.165, 1.54) is 6.07 Å². The number of carbonyl (C=O) groups is 1. The SMILES string of the molecule is CC(C)(C)C(=O)Nc1cncc(-c2ccc3[nH]nc(-c4cc5c(-c6cc(F)cc(C(N)S(C)(=O)=O)c6)nccc5[nH]4)c3c2)c1. The van der Waals surface area contributed by atoms with Gasteiger partial charge in [-0.2, -0.15) is 5.10 Å². The van der Waals surface area contributed by atoms with Gasteiger partial charge in [0.1, 0.15) is 16.9 Å². The van der Waals surface area contributed by atoms with Gasteiger partial charge in [0.2, 0.25) is 5.91 Å². The van der Waals surface area contributed by atoms with Crippen molar-refractivity contribution in [2.45, 2.75) is 26.1 Å². The predicted molar refractivity (Wildman–Crippen MR) is 170 cm³/mol. The first-order chi connectivity index (χ1) is 20.8. The molecular formula is C32H30FN7O3S. The van der Waals surface area contributed by atoms with Crippen LogP contribution in [0.4, 0.5) is 10.1 Å². The number of pyridine rings is 2. The molecule has 224 valence electrons. The number of halogens is 1.